The van der Waals surface area contributed by atoms with Crippen LogP contribution in [-0.2, 0) is 60.2 Å². The van der Waals surface area contributed by atoms with Gasteiger partial charge in [0, 0.05) is 78.2 Å². The summed E-state index contributed by atoms with van der Waals surface area (Å²) in [7, 11) is 4.16. The summed E-state index contributed by atoms with van der Waals surface area (Å²) in [6.07, 6.45) is 3.81. The van der Waals surface area contributed by atoms with Crippen molar-refractivity contribution in [3.8, 4) is 5.75 Å². The van der Waals surface area contributed by atoms with Gasteiger partial charge in [0.05, 0.1) is 33.1 Å². The van der Waals surface area contributed by atoms with Gasteiger partial charge in [0.15, 0.2) is 18.3 Å². The highest BCUT2D eigenvalue weighted by molar-refractivity contribution is 5.96. The molecule has 1 amide bonds. The van der Waals surface area contributed by atoms with Gasteiger partial charge in [0.1, 0.15) is 11.2 Å². The molecular weight excluding hydrogens is 897 g/mol. The van der Waals surface area contributed by atoms with E-state index in [0.29, 0.717) is 67.7 Å². The summed E-state index contributed by atoms with van der Waals surface area (Å²) in [6.45, 7) is 8.97. The third kappa shape index (κ3) is 7.25. The lowest BCUT2D eigenvalue weighted by Crippen LogP contribution is -2.81. The predicted octanol–water partition coefficient (Wildman–Crippen LogP) is 2.20. The number of carboxylic acids is 2. The molecule has 2 bridgehead atoms. The second kappa shape index (κ2) is 18.3. The molecule has 11 atom stereocenters. The molecule has 0 radical (unpaired) electrons. The van der Waals surface area contributed by atoms with Gasteiger partial charge in [-0.3, -0.25) is 24.2 Å². The zero-order valence-electron chi connectivity index (χ0n) is 39.5. The van der Waals surface area contributed by atoms with Crippen LogP contribution in [0.2, 0.25) is 0 Å². The van der Waals surface area contributed by atoms with Crippen LogP contribution in [0.1, 0.15) is 68.8 Å². The maximum atomic E-state index is 15.3. The number of benzene rings is 2. The fraction of sp³-hybridized carbons (Fsp3) is 0.520. The summed E-state index contributed by atoms with van der Waals surface area (Å²) in [4.78, 5) is 85.9. The molecule has 19 heteroatoms. The van der Waals surface area contributed by atoms with E-state index in [1.165, 1.54) is 31.6 Å². The van der Waals surface area contributed by atoms with Crippen LogP contribution in [0, 0.1) is 11.3 Å². The summed E-state index contributed by atoms with van der Waals surface area (Å²) in [5.74, 6) is -5.35. The summed E-state index contributed by atoms with van der Waals surface area (Å²) in [6, 6.07) is 10.2. The molecular formula is C50H60N4O15. The van der Waals surface area contributed by atoms with E-state index in [-0.39, 0.29) is 5.92 Å². The van der Waals surface area contributed by atoms with Gasteiger partial charge < -0.3 is 54.4 Å². The lowest BCUT2D eigenvalue weighted by Gasteiger charge is -2.63. The molecule has 3 aromatic rings. The van der Waals surface area contributed by atoms with E-state index in [1.807, 2.05) is 43.3 Å². The number of carbonyl (C=O) groups is 6. The van der Waals surface area contributed by atoms with Crippen molar-refractivity contribution in [3.05, 3.63) is 82.6 Å². The fourth-order valence-corrected chi connectivity index (χ4v) is 13.2. The number of rotatable bonds is 11. The Balaban J connectivity index is 0.000000579. The highest BCUT2D eigenvalue weighted by Crippen LogP contribution is 2.68. The number of anilines is 1. The second-order valence-electron chi connectivity index (χ2n) is 19.0. The van der Waals surface area contributed by atoms with Gasteiger partial charge >= 0.3 is 29.8 Å². The number of carbonyl (C=O) groups excluding carboxylic acids is 4. The second-order valence-corrected chi connectivity index (χ2v) is 19.0. The van der Waals surface area contributed by atoms with E-state index in [1.54, 1.807) is 13.2 Å². The van der Waals surface area contributed by atoms with Crippen LogP contribution in [-0.4, -0.2) is 167 Å². The van der Waals surface area contributed by atoms with Crippen molar-refractivity contribution in [1.29, 1.82) is 0 Å². The van der Waals surface area contributed by atoms with E-state index < -0.39 is 82.1 Å². The molecule has 1 spiro atoms. The maximum absolute atomic E-state index is 15.3. The van der Waals surface area contributed by atoms with Gasteiger partial charge in [-0.05, 0) is 67.8 Å². The first kappa shape index (κ1) is 49.3. The van der Waals surface area contributed by atoms with E-state index in [0.717, 1.165) is 48.2 Å². The molecule has 4 unspecified atom stereocenters. The summed E-state index contributed by atoms with van der Waals surface area (Å²) in [5, 5.41) is 46.9. The Kier molecular flexibility index (Phi) is 13.1. The first-order valence-corrected chi connectivity index (χ1v) is 23.2. The lowest BCUT2D eigenvalue weighted by molar-refractivity contribution is -0.228. The van der Waals surface area contributed by atoms with E-state index in [2.05, 4.69) is 33.8 Å². The number of aliphatic hydroxyl groups is 3. The molecule has 1 aliphatic carbocycles. The normalized spacial score (nSPS) is 31.6. The quantitative estimate of drug-likeness (QED) is 0.0696. The van der Waals surface area contributed by atoms with Crippen LogP contribution in [0.3, 0.4) is 0 Å². The molecule has 2 fully saturated rings. The number of nitrogens with zero attached hydrogens (tertiary/aromatic N) is 3. The van der Waals surface area contributed by atoms with Crippen molar-refractivity contribution < 1.29 is 73.2 Å². The Labute approximate surface area is 398 Å². The first-order valence-electron chi connectivity index (χ1n) is 23.2. The Bertz CT molecular complexity index is 2630. The van der Waals surface area contributed by atoms with Crippen LogP contribution >= 0.6 is 0 Å². The number of H-pyrrole nitrogens is 1. The monoisotopic (exact) mass is 956 g/mol. The molecule has 9 rings (SSSR count). The molecule has 1 aromatic heterocycles. The zero-order chi connectivity index (χ0) is 50.0. The minimum atomic E-state index is -2.51. The number of hydrogen-bond donors (Lipinski definition) is 6. The number of para-hydroxylation sites is 1. The minimum absolute atomic E-state index is 0.0349. The number of hydrogen-bond acceptors (Lipinski definition) is 15. The van der Waals surface area contributed by atoms with Crippen molar-refractivity contribution in [2.45, 2.75) is 99.7 Å². The van der Waals surface area contributed by atoms with Crippen molar-refractivity contribution in [2.24, 2.45) is 11.3 Å². The number of aliphatic hydroxyl groups excluding tert-OH is 2. The number of aromatic amines is 1. The van der Waals surface area contributed by atoms with Crippen LogP contribution in [0.4, 0.5) is 5.69 Å². The van der Waals surface area contributed by atoms with Gasteiger partial charge in [0.2, 0.25) is 12.0 Å². The van der Waals surface area contributed by atoms with Crippen LogP contribution in [0.15, 0.2) is 60.2 Å². The van der Waals surface area contributed by atoms with Crippen molar-refractivity contribution in [3.63, 3.8) is 0 Å². The van der Waals surface area contributed by atoms with E-state index in [9.17, 15) is 29.1 Å². The average molecular weight is 957 g/mol. The summed E-state index contributed by atoms with van der Waals surface area (Å²) >= 11 is 0. The first-order chi connectivity index (χ1) is 32.9. The number of esters is 3. The summed E-state index contributed by atoms with van der Waals surface area (Å²) in [5.41, 5.74) is -0.420. The summed E-state index contributed by atoms with van der Waals surface area (Å²) < 4.78 is 23.7. The maximum Gasteiger partial charge on any atom is 0.344 e. The van der Waals surface area contributed by atoms with Crippen LogP contribution in [0.25, 0.3) is 10.9 Å². The highest BCUT2D eigenvalue weighted by Gasteiger charge is 2.81. The van der Waals surface area contributed by atoms with Crippen LogP contribution in [0.5, 0.6) is 5.75 Å². The zero-order valence-corrected chi connectivity index (χ0v) is 39.5. The Morgan fingerprint density at radius 1 is 0.942 bits per heavy atom. The van der Waals surface area contributed by atoms with Gasteiger partial charge in [-0.1, -0.05) is 55.8 Å². The predicted molar refractivity (Wildman–Crippen MR) is 246 cm³/mol. The topological polar surface area (TPSA) is 266 Å². The van der Waals surface area contributed by atoms with E-state index >= 15 is 4.79 Å². The number of methoxy groups -OCH3 is 3. The molecule has 69 heavy (non-hydrogen) atoms. The Morgan fingerprint density at radius 3 is 2.25 bits per heavy atom. The van der Waals surface area contributed by atoms with Crippen LogP contribution < -0.4 is 9.64 Å². The van der Waals surface area contributed by atoms with Crippen molar-refractivity contribution in [1.82, 2.24) is 14.8 Å². The number of nitrogens with one attached hydrogen (secondary N) is 1. The highest BCUT2D eigenvalue weighted by atomic mass is 16.6. The standard InChI is InChI=1S/C46H54N4O9.C4H6O6/c1-7-28-20-29-23-45(41(53)57-5,37-31(14-18-48(24-28)25-29)30-12-9-10-13-34(30)47-37)33-21-32-35(22-36(33)56-4)50(26-51)39-44(32)16-19-49-17-11-15-43(8-2,38(44)49)40(59-27(3)52)46(39,55)42(54)58-6;5-1(3(7)8)2(6)4(9)10/h9-13,15,20-22,26,29,38-40,47,55H,7-8,14,16-19,23-25H2,1-6H3;1-2,5-6H,(H,7,8)(H,9,10)/t29-,38-,39?,40-,43-,44-,45-,46+;/m1./s1. The van der Waals surface area contributed by atoms with Crippen molar-refractivity contribution in [2.75, 3.05) is 59.0 Å². The largest absolute Gasteiger partial charge is 0.496 e. The number of amides is 1. The number of ether oxygens (including phenoxy) is 4. The number of aliphatic carboxylic acids is 2. The van der Waals surface area contributed by atoms with E-state index in [4.69, 9.17) is 39.4 Å². The number of aromatic nitrogens is 1. The smallest absolute Gasteiger partial charge is 0.344 e. The van der Waals surface area contributed by atoms with Gasteiger partial charge in [-0.2, -0.15) is 0 Å². The third-order valence-corrected chi connectivity index (χ3v) is 15.8. The SMILES string of the molecule is CCC1=C[C@H]2CN(CCc3c([nH]c4ccccc34)[C@](C(=O)OC)(c3cc4c(cc3OC)N(C=O)C3[C@]45CCN4CC=C[C@](CC)([C@@H]45)[C@@H](OC(C)=O)[C@]3(O)C(=O)OC)C2)C1.O=C(O)C(O)C(O)C(=O)O. The minimum Gasteiger partial charge on any atom is -0.496 e. The molecule has 1 saturated heterocycles. The third-order valence-electron chi connectivity index (χ3n) is 15.8. The molecule has 5 aliphatic heterocycles. The molecule has 6 N–H and O–H groups in total. The fourth-order valence-electron chi connectivity index (χ4n) is 13.2. The van der Waals surface area contributed by atoms with Crippen molar-refractivity contribution >= 4 is 52.8 Å². The molecule has 6 aliphatic rings. The molecule has 19 nitrogen and oxygen atoms in total. The van der Waals surface area contributed by atoms with Gasteiger partial charge in [-0.15, -0.1) is 0 Å². The molecule has 2 aromatic carbocycles. The van der Waals surface area contributed by atoms with Gasteiger partial charge in [0.25, 0.3) is 0 Å². The molecule has 1 saturated carbocycles. The van der Waals surface area contributed by atoms with Gasteiger partial charge in [-0.25, -0.2) is 14.4 Å². The lowest BCUT2D eigenvalue weighted by atomic mass is 9.47. The molecule has 6 heterocycles. The Hall–Kier alpha value is -6.12. The average Bonchev–Trinajstić information content (AvgIpc) is 4.02. The molecule has 370 valence electrons. The Morgan fingerprint density at radius 2 is 1.64 bits per heavy atom. The number of fused-ring (bicyclic) bond motifs is 6. The number of carboxylic acid groups (broad SMARTS) is 2.